The van der Waals surface area contributed by atoms with E-state index in [0.29, 0.717) is 5.92 Å². The summed E-state index contributed by atoms with van der Waals surface area (Å²) < 4.78 is 0. The van der Waals surface area contributed by atoms with Crippen molar-refractivity contribution in [2.45, 2.75) is 38.1 Å². The van der Waals surface area contributed by atoms with Gasteiger partial charge in [-0.25, -0.2) is 4.79 Å². The molecule has 27 heavy (non-hydrogen) atoms. The summed E-state index contributed by atoms with van der Waals surface area (Å²) in [6, 6.07) is 7.09. The highest BCUT2D eigenvalue weighted by atomic mass is 16.2. The van der Waals surface area contributed by atoms with Crippen molar-refractivity contribution in [2.75, 3.05) is 6.54 Å². The molecule has 1 aromatic heterocycles. The van der Waals surface area contributed by atoms with Gasteiger partial charge in [0.15, 0.2) is 0 Å². The highest BCUT2D eigenvalue weighted by Crippen LogP contribution is 2.37. The minimum atomic E-state index is -0.588. The molecule has 0 unspecified atom stereocenters. The monoisotopic (exact) mass is 369 g/mol. The second kappa shape index (κ2) is 7.38. The van der Waals surface area contributed by atoms with Crippen LogP contribution >= 0.6 is 0 Å². The Bertz CT molecular complexity index is 871. The van der Waals surface area contributed by atoms with Gasteiger partial charge < -0.3 is 10.6 Å². The van der Waals surface area contributed by atoms with Gasteiger partial charge in [-0.2, -0.15) is 5.10 Å². The maximum absolute atomic E-state index is 12.9. The van der Waals surface area contributed by atoms with E-state index in [1.54, 1.807) is 0 Å². The van der Waals surface area contributed by atoms with Gasteiger partial charge in [0, 0.05) is 18.4 Å². The molecule has 4 amide bonds. The number of aromatic nitrogens is 2. The fourth-order valence-electron chi connectivity index (χ4n) is 4.12. The summed E-state index contributed by atoms with van der Waals surface area (Å²) >= 11 is 0. The maximum Gasteiger partial charge on any atom is 0.321 e. The molecule has 8 heteroatoms. The van der Waals surface area contributed by atoms with Gasteiger partial charge in [-0.1, -0.05) is 31.0 Å². The molecule has 8 nitrogen and oxygen atoms in total. The van der Waals surface area contributed by atoms with Crippen LogP contribution in [-0.2, 0) is 9.59 Å². The Labute approximate surface area is 156 Å². The van der Waals surface area contributed by atoms with Gasteiger partial charge in [0.2, 0.25) is 11.8 Å². The minimum Gasteiger partial charge on any atom is -0.347 e. The number of rotatable bonds is 4. The number of nitrogens with zero attached hydrogens (tertiary/aromatic N) is 1. The number of aromatic amines is 1. The molecule has 0 spiro atoms. The van der Waals surface area contributed by atoms with Crippen LogP contribution in [0.4, 0.5) is 4.79 Å². The molecule has 1 aliphatic carbocycles. The SMILES string of the molecule is O=C1C[C@@H](C(=O)N[C@@H](c2[nH]nc3ccccc23)C2CCCC2)CNC(=O)N1. The number of fused-ring (bicyclic) bond motifs is 1. The first kappa shape index (κ1) is 17.5. The topological polar surface area (TPSA) is 116 Å². The number of hydrogen-bond donors (Lipinski definition) is 4. The fraction of sp³-hybridized carbons (Fsp3) is 0.474. The van der Waals surface area contributed by atoms with Gasteiger partial charge in [-0.05, 0) is 24.8 Å². The molecule has 4 N–H and O–H groups in total. The van der Waals surface area contributed by atoms with Crippen molar-refractivity contribution in [3.63, 3.8) is 0 Å². The number of urea groups is 1. The highest BCUT2D eigenvalue weighted by Gasteiger charge is 2.33. The molecular formula is C19H23N5O3. The fourth-order valence-corrected chi connectivity index (χ4v) is 4.12. The van der Waals surface area contributed by atoms with Crippen molar-refractivity contribution in [1.82, 2.24) is 26.1 Å². The Morgan fingerprint density at radius 1 is 1.19 bits per heavy atom. The number of carbonyl (C=O) groups is 3. The Hall–Kier alpha value is -2.90. The zero-order chi connectivity index (χ0) is 18.8. The summed E-state index contributed by atoms with van der Waals surface area (Å²) in [4.78, 5) is 36.1. The van der Waals surface area contributed by atoms with Gasteiger partial charge in [0.1, 0.15) is 0 Å². The number of nitrogens with one attached hydrogen (secondary N) is 4. The van der Waals surface area contributed by atoms with Crippen LogP contribution in [0.5, 0.6) is 0 Å². The second-order valence-corrected chi connectivity index (χ2v) is 7.34. The molecule has 0 radical (unpaired) electrons. The lowest BCUT2D eigenvalue weighted by Gasteiger charge is -2.26. The van der Waals surface area contributed by atoms with Crippen LogP contribution in [0, 0.1) is 11.8 Å². The first-order valence-corrected chi connectivity index (χ1v) is 9.43. The molecule has 1 aliphatic heterocycles. The normalized spacial score (nSPS) is 22.1. The number of H-pyrrole nitrogens is 1. The molecule has 2 aliphatic rings. The molecule has 1 aromatic carbocycles. The lowest BCUT2D eigenvalue weighted by atomic mass is 9.92. The van der Waals surface area contributed by atoms with E-state index in [9.17, 15) is 14.4 Å². The van der Waals surface area contributed by atoms with Crippen LogP contribution < -0.4 is 16.0 Å². The molecule has 2 aromatic rings. The largest absolute Gasteiger partial charge is 0.347 e. The first-order valence-electron chi connectivity index (χ1n) is 9.43. The predicted molar refractivity (Wildman–Crippen MR) is 98.6 cm³/mol. The van der Waals surface area contributed by atoms with Crippen molar-refractivity contribution in [1.29, 1.82) is 0 Å². The lowest BCUT2D eigenvalue weighted by Crippen LogP contribution is -2.41. The number of para-hydroxylation sites is 1. The molecular weight excluding hydrogens is 346 g/mol. The lowest BCUT2D eigenvalue weighted by molar-refractivity contribution is -0.130. The number of hydrogen-bond acceptors (Lipinski definition) is 4. The van der Waals surface area contributed by atoms with Crippen molar-refractivity contribution in [3.05, 3.63) is 30.0 Å². The third-order valence-corrected chi connectivity index (χ3v) is 5.54. The molecule has 142 valence electrons. The molecule has 1 saturated carbocycles. The van der Waals surface area contributed by atoms with Crippen LogP contribution in [0.25, 0.3) is 10.9 Å². The Kier molecular flexibility index (Phi) is 4.79. The smallest absolute Gasteiger partial charge is 0.321 e. The molecule has 1 saturated heterocycles. The summed E-state index contributed by atoms with van der Waals surface area (Å²) in [5, 5.41) is 16.4. The van der Waals surface area contributed by atoms with E-state index in [2.05, 4.69) is 26.1 Å². The van der Waals surface area contributed by atoms with Crippen molar-refractivity contribution >= 4 is 28.7 Å². The maximum atomic E-state index is 12.9. The number of imide groups is 1. The van der Waals surface area contributed by atoms with Gasteiger partial charge >= 0.3 is 6.03 Å². The minimum absolute atomic E-state index is 0.00825. The number of benzene rings is 1. The Morgan fingerprint density at radius 2 is 1.96 bits per heavy atom. The predicted octanol–water partition coefficient (Wildman–Crippen LogP) is 1.76. The van der Waals surface area contributed by atoms with Crippen molar-refractivity contribution in [3.8, 4) is 0 Å². The van der Waals surface area contributed by atoms with E-state index in [4.69, 9.17) is 0 Å². The Morgan fingerprint density at radius 3 is 2.78 bits per heavy atom. The standard InChI is InChI=1S/C19H23N5O3/c25-15-9-12(10-20-19(27)21-15)18(26)22-16(11-5-1-2-6-11)17-13-7-3-4-8-14(13)23-24-17/h3-4,7-8,11-12,16H,1-2,5-6,9-10H2,(H,22,26)(H,23,24)(H2,20,21,25,27)/t12-,16-/m1/s1. The van der Waals surface area contributed by atoms with Crippen LogP contribution in [0.1, 0.15) is 43.8 Å². The average molecular weight is 369 g/mol. The van der Waals surface area contributed by atoms with Crippen molar-refractivity contribution in [2.24, 2.45) is 11.8 Å². The van der Waals surface area contributed by atoms with Crippen LogP contribution in [0.2, 0.25) is 0 Å². The van der Waals surface area contributed by atoms with E-state index in [1.165, 1.54) is 0 Å². The first-order chi connectivity index (χ1) is 13.1. The summed E-state index contributed by atoms with van der Waals surface area (Å²) in [7, 11) is 0. The summed E-state index contributed by atoms with van der Waals surface area (Å²) in [6.07, 6.45) is 4.36. The molecule has 4 rings (SSSR count). The van der Waals surface area contributed by atoms with E-state index in [1.807, 2.05) is 24.3 Å². The van der Waals surface area contributed by atoms with Gasteiger partial charge in [-0.3, -0.25) is 20.0 Å². The van der Waals surface area contributed by atoms with E-state index in [-0.39, 0.29) is 24.9 Å². The van der Waals surface area contributed by atoms with E-state index < -0.39 is 17.9 Å². The van der Waals surface area contributed by atoms with Gasteiger partial charge in [0.25, 0.3) is 0 Å². The van der Waals surface area contributed by atoms with Gasteiger partial charge in [-0.15, -0.1) is 0 Å². The second-order valence-electron chi connectivity index (χ2n) is 7.34. The summed E-state index contributed by atoms with van der Waals surface area (Å²) in [6.45, 7) is 0.143. The summed E-state index contributed by atoms with van der Waals surface area (Å²) in [5.41, 5.74) is 1.78. The molecule has 2 fully saturated rings. The molecule has 2 heterocycles. The number of amides is 4. The van der Waals surface area contributed by atoms with Crippen LogP contribution in [0.3, 0.4) is 0 Å². The number of carbonyl (C=O) groups excluding carboxylic acids is 3. The average Bonchev–Trinajstić information content (AvgIpc) is 3.29. The Balaban J connectivity index is 1.59. The highest BCUT2D eigenvalue weighted by molar-refractivity contribution is 5.98. The quantitative estimate of drug-likeness (QED) is 0.657. The van der Waals surface area contributed by atoms with Crippen molar-refractivity contribution < 1.29 is 14.4 Å². The third kappa shape index (κ3) is 3.65. The molecule has 0 bridgehead atoms. The summed E-state index contributed by atoms with van der Waals surface area (Å²) in [5.74, 6) is -0.918. The van der Waals surface area contributed by atoms with E-state index in [0.717, 1.165) is 42.3 Å². The molecule has 2 atom stereocenters. The van der Waals surface area contributed by atoms with Gasteiger partial charge in [0.05, 0.1) is 23.2 Å². The van der Waals surface area contributed by atoms with Crippen LogP contribution in [-0.4, -0.2) is 34.6 Å². The third-order valence-electron chi connectivity index (χ3n) is 5.54. The zero-order valence-electron chi connectivity index (χ0n) is 15.0. The zero-order valence-corrected chi connectivity index (χ0v) is 15.0. The van der Waals surface area contributed by atoms with E-state index >= 15 is 0 Å². The van der Waals surface area contributed by atoms with Crippen LogP contribution in [0.15, 0.2) is 24.3 Å².